The van der Waals surface area contributed by atoms with Crippen LogP contribution >= 0.6 is 11.3 Å². The Morgan fingerprint density at radius 3 is 3.03 bits per heavy atom. The largest absolute Gasteiger partial charge is 0.479 e. The van der Waals surface area contributed by atoms with Crippen LogP contribution in [0.25, 0.3) is 15.8 Å². The number of anilines is 1. The van der Waals surface area contributed by atoms with Crippen molar-refractivity contribution >= 4 is 38.3 Å². The molecule has 3 aliphatic heterocycles. The number of pyridine rings is 1. The van der Waals surface area contributed by atoms with Gasteiger partial charge in [-0.1, -0.05) is 17.4 Å². The number of carbonyl (C=O) groups is 1. The van der Waals surface area contributed by atoms with Gasteiger partial charge in [-0.3, -0.25) is 5.32 Å². The summed E-state index contributed by atoms with van der Waals surface area (Å²) in [6.07, 6.45) is 7.95. The highest BCUT2D eigenvalue weighted by Crippen LogP contribution is 2.40. The summed E-state index contributed by atoms with van der Waals surface area (Å²) in [7, 11) is 1.59. The van der Waals surface area contributed by atoms with E-state index in [0.717, 1.165) is 62.2 Å². The van der Waals surface area contributed by atoms with Gasteiger partial charge in [0, 0.05) is 36.9 Å². The molecule has 1 atom stereocenters. The van der Waals surface area contributed by atoms with Crippen LogP contribution in [0.1, 0.15) is 31.2 Å². The average Bonchev–Trinajstić information content (AvgIpc) is 3.38. The first-order valence-corrected chi connectivity index (χ1v) is 11.2. The van der Waals surface area contributed by atoms with Gasteiger partial charge in [0.15, 0.2) is 5.13 Å². The molecule has 0 saturated carbocycles. The maximum atomic E-state index is 12.9. The van der Waals surface area contributed by atoms with Gasteiger partial charge in [-0.25, -0.2) is 14.8 Å². The van der Waals surface area contributed by atoms with Gasteiger partial charge in [0.2, 0.25) is 5.88 Å². The van der Waals surface area contributed by atoms with E-state index >= 15 is 0 Å². The molecule has 2 amide bonds. The third-order valence-electron chi connectivity index (χ3n) is 6.23. The predicted molar refractivity (Wildman–Crippen MR) is 115 cm³/mol. The van der Waals surface area contributed by atoms with E-state index in [-0.39, 0.29) is 11.4 Å². The zero-order valence-electron chi connectivity index (χ0n) is 17.1. The average molecular weight is 431 g/mol. The Balaban J connectivity index is 1.38. The first-order chi connectivity index (χ1) is 14.7. The van der Waals surface area contributed by atoms with Crippen LogP contribution in [0, 0.1) is 5.41 Å². The van der Waals surface area contributed by atoms with E-state index in [1.807, 2.05) is 11.1 Å². The first-order valence-electron chi connectivity index (χ1n) is 10.4. The number of fused-ring (bicyclic) bond motifs is 1. The molecule has 9 heteroatoms. The number of methoxy groups -OCH3 is 1. The number of aromatic nitrogens is 2. The van der Waals surface area contributed by atoms with Crippen molar-refractivity contribution < 1.29 is 19.0 Å². The molecule has 0 radical (unpaired) electrons. The zero-order chi connectivity index (χ0) is 20.6. The third kappa shape index (κ3) is 3.66. The van der Waals surface area contributed by atoms with E-state index < -0.39 is 0 Å². The van der Waals surface area contributed by atoms with E-state index in [9.17, 15) is 4.79 Å². The number of likely N-dealkylation sites (tertiary alicyclic amines) is 1. The molecule has 1 spiro atoms. The number of carbonyl (C=O) groups excluding carboxylic acids is 1. The molecule has 160 valence electrons. The van der Waals surface area contributed by atoms with Gasteiger partial charge in [0.05, 0.1) is 31.6 Å². The molecular formula is C21H26N4O4S. The van der Waals surface area contributed by atoms with E-state index in [2.05, 4.69) is 21.4 Å². The number of hydrogen-bond donors (Lipinski definition) is 1. The number of amides is 2. The monoisotopic (exact) mass is 430 g/mol. The molecule has 2 aromatic rings. The summed E-state index contributed by atoms with van der Waals surface area (Å²) in [6, 6.07) is -0.102. The lowest BCUT2D eigenvalue weighted by Gasteiger charge is -2.32. The number of ether oxygens (including phenoxy) is 3. The summed E-state index contributed by atoms with van der Waals surface area (Å²) in [6.45, 7) is 4.38. The maximum Gasteiger partial charge on any atom is 0.323 e. The van der Waals surface area contributed by atoms with Crippen LogP contribution in [0.5, 0.6) is 5.88 Å². The molecule has 2 fully saturated rings. The van der Waals surface area contributed by atoms with Gasteiger partial charge in [-0.05, 0) is 31.3 Å². The minimum atomic E-state index is -0.102. The van der Waals surface area contributed by atoms with Crippen molar-refractivity contribution in [3.63, 3.8) is 0 Å². The molecule has 1 N–H and O–H groups in total. The summed E-state index contributed by atoms with van der Waals surface area (Å²) < 4.78 is 17.5. The summed E-state index contributed by atoms with van der Waals surface area (Å²) in [5, 5.41) is 3.57. The van der Waals surface area contributed by atoms with Crippen LogP contribution in [0.3, 0.4) is 0 Å². The lowest BCUT2D eigenvalue weighted by atomic mass is 9.82. The topological polar surface area (TPSA) is 85.8 Å². The van der Waals surface area contributed by atoms with Crippen molar-refractivity contribution in [3.8, 4) is 5.88 Å². The van der Waals surface area contributed by atoms with E-state index in [1.54, 1.807) is 7.11 Å². The predicted octanol–water partition coefficient (Wildman–Crippen LogP) is 3.54. The highest BCUT2D eigenvalue weighted by atomic mass is 32.1. The fraction of sp³-hybridized carbons (Fsp3) is 0.571. The Morgan fingerprint density at radius 2 is 2.27 bits per heavy atom. The number of nitrogens with one attached hydrogen (secondary N) is 1. The molecule has 0 aromatic carbocycles. The molecule has 0 aliphatic carbocycles. The van der Waals surface area contributed by atoms with Crippen LogP contribution in [0.4, 0.5) is 9.93 Å². The molecule has 0 unspecified atom stereocenters. The number of urea groups is 1. The molecule has 30 heavy (non-hydrogen) atoms. The fourth-order valence-corrected chi connectivity index (χ4v) is 5.60. The van der Waals surface area contributed by atoms with Crippen molar-refractivity contribution in [1.29, 1.82) is 0 Å². The molecular weight excluding hydrogens is 404 g/mol. The van der Waals surface area contributed by atoms with Crippen molar-refractivity contribution in [2.45, 2.75) is 25.7 Å². The molecule has 5 rings (SSSR count). The summed E-state index contributed by atoms with van der Waals surface area (Å²) in [4.78, 5) is 23.9. The number of hydrogen-bond acceptors (Lipinski definition) is 7. The second kappa shape index (κ2) is 8.13. The summed E-state index contributed by atoms with van der Waals surface area (Å²) >= 11 is 1.47. The first kappa shape index (κ1) is 19.7. The van der Waals surface area contributed by atoms with Gasteiger partial charge < -0.3 is 19.1 Å². The Morgan fingerprint density at radius 1 is 1.33 bits per heavy atom. The van der Waals surface area contributed by atoms with E-state index in [4.69, 9.17) is 14.2 Å². The second-order valence-electron chi connectivity index (χ2n) is 8.19. The van der Waals surface area contributed by atoms with Crippen LogP contribution in [0.2, 0.25) is 0 Å². The molecule has 8 nitrogen and oxygen atoms in total. The van der Waals surface area contributed by atoms with Crippen molar-refractivity contribution in [2.24, 2.45) is 5.41 Å². The minimum Gasteiger partial charge on any atom is -0.479 e. The highest BCUT2D eigenvalue weighted by molar-refractivity contribution is 7.22. The molecule has 3 aliphatic rings. The molecule has 2 saturated heterocycles. The van der Waals surface area contributed by atoms with Gasteiger partial charge in [-0.2, -0.15) is 0 Å². The SMILES string of the molecule is COc1ncc(C2=CCOCC2)c2sc(NC(=O)N3CC[C@]4(CCCOC4)C3)nc12. The van der Waals surface area contributed by atoms with Crippen molar-refractivity contribution in [2.75, 3.05) is 51.9 Å². The Bertz CT molecular complexity index is 983. The normalized spacial score (nSPS) is 24.3. The van der Waals surface area contributed by atoms with Crippen LogP contribution < -0.4 is 10.1 Å². The molecule has 2 aromatic heterocycles. The van der Waals surface area contributed by atoms with Gasteiger partial charge >= 0.3 is 6.03 Å². The van der Waals surface area contributed by atoms with E-state index in [1.165, 1.54) is 16.9 Å². The lowest BCUT2D eigenvalue weighted by Crippen LogP contribution is -2.38. The smallest absolute Gasteiger partial charge is 0.323 e. The summed E-state index contributed by atoms with van der Waals surface area (Å²) in [5.74, 6) is 0.470. The third-order valence-corrected chi connectivity index (χ3v) is 7.24. The standard InChI is InChI=1S/C21H26N4O4S/c1-27-18-16-17(15(11-22-18)14-3-9-28-10-4-14)30-19(23-16)24-20(26)25-7-6-21(12-25)5-2-8-29-13-21/h3,11H,2,4-10,12-13H2,1H3,(H,23,24,26)/t21-/m1/s1. The van der Waals surface area contributed by atoms with Crippen LogP contribution in [-0.2, 0) is 9.47 Å². The van der Waals surface area contributed by atoms with Gasteiger partial charge in [0.25, 0.3) is 0 Å². The maximum absolute atomic E-state index is 12.9. The zero-order valence-corrected chi connectivity index (χ0v) is 17.9. The fourth-order valence-electron chi connectivity index (χ4n) is 4.60. The van der Waals surface area contributed by atoms with Gasteiger partial charge in [-0.15, -0.1) is 0 Å². The van der Waals surface area contributed by atoms with Crippen LogP contribution in [-0.4, -0.2) is 67.5 Å². The minimum absolute atomic E-state index is 0.102. The Hall–Kier alpha value is -2.23. The van der Waals surface area contributed by atoms with Crippen molar-refractivity contribution in [3.05, 3.63) is 17.8 Å². The number of rotatable bonds is 3. The lowest BCUT2D eigenvalue weighted by molar-refractivity contribution is -0.000213. The van der Waals surface area contributed by atoms with Crippen LogP contribution in [0.15, 0.2) is 12.3 Å². The van der Waals surface area contributed by atoms with Crippen molar-refractivity contribution in [1.82, 2.24) is 14.9 Å². The Labute approximate surface area is 179 Å². The highest BCUT2D eigenvalue weighted by Gasteiger charge is 2.41. The van der Waals surface area contributed by atoms with Gasteiger partial charge in [0.1, 0.15) is 5.52 Å². The quantitative estimate of drug-likeness (QED) is 0.802. The number of nitrogens with zero attached hydrogens (tertiary/aromatic N) is 3. The Kier molecular flexibility index (Phi) is 5.34. The summed E-state index contributed by atoms with van der Waals surface area (Å²) in [5.41, 5.74) is 3.04. The van der Waals surface area contributed by atoms with E-state index in [0.29, 0.717) is 29.7 Å². The molecule has 0 bridgehead atoms. The molecule has 5 heterocycles. The second-order valence-corrected chi connectivity index (χ2v) is 9.19. The number of thiazole rings is 1.